The van der Waals surface area contributed by atoms with Crippen molar-refractivity contribution in [1.82, 2.24) is 4.98 Å². The van der Waals surface area contributed by atoms with Gasteiger partial charge in [0.1, 0.15) is 0 Å². The van der Waals surface area contributed by atoms with Crippen LogP contribution < -0.4 is 0 Å². The highest BCUT2D eigenvalue weighted by Crippen LogP contribution is 2.19. The van der Waals surface area contributed by atoms with Crippen molar-refractivity contribution in [3.05, 3.63) is 16.1 Å². The molecule has 0 bridgehead atoms. The molecule has 1 aromatic heterocycles. The molecule has 1 heterocycles. The summed E-state index contributed by atoms with van der Waals surface area (Å²) in [6.07, 6.45) is 0.0381. The van der Waals surface area contributed by atoms with Gasteiger partial charge < -0.3 is 9.84 Å². The number of hydrogen-bond donors (Lipinski definition) is 1. The first kappa shape index (κ1) is 12.6. The topological polar surface area (TPSA) is 42.4 Å². The molecule has 15 heavy (non-hydrogen) atoms. The molecule has 0 fully saturated rings. The molecular formula is C11H19NO2S. The fourth-order valence-corrected chi connectivity index (χ4v) is 2.04. The van der Waals surface area contributed by atoms with Gasteiger partial charge in [0.25, 0.3) is 0 Å². The zero-order valence-electron chi connectivity index (χ0n) is 9.78. The van der Waals surface area contributed by atoms with Crippen molar-refractivity contribution in [3.8, 4) is 0 Å². The van der Waals surface area contributed by atoms with Gasteiger partial charge in [-0.3, -0.25) is 0 Å². The summed E-state index contributed by atoms with van der Waals surface area (Å²) < 4.78 is 5.50. The molecule has 3 nitrogen and oxygen atoms in total. The van der Waals surface area contributed by atoms with Gasteiger partial charge in [0.05, 0.1) is 22.4 Å². The highest BCUT2D eigenvalue weighted by Gasteiger charge is 2.28. The van der Waals surface area contributed by atoms with Crippen molar-refractivity contribution in [2.45, 2.75) is 45.8 Å². The van der Waals surface area contributed by atoms with E-state index in [9.17, 15) is 5.11 Å². The number of aryl methyl sites for hydroxylation is 1. The van der Waals surface area contributed by atoms with Gasteiger partial charge in [0.15, 0.2) is 0 Å². The maximum absolute atomic E-state index is 10.0. The second-order valence-corrected chi connectivity index (χ2v) is 5.18. The molecule has 4 heteroatoms. The van der Waals surface area contributed by atoms with Gasteiger partial charge in [-0.15, -0.1) is 11.3 Å². The number of ether oxygens (including phenoxy) is 1. The summed E-state index contributed by atoms with van der Waals surface area (Å²) in [4.78, 5) is 4.33. The van der Waals surface area contributed by atoms with Crippen molar-refractivity contribution in [3.63, 3.8) is 0 Å². The lowest BCUT2D eigenvalue weighted by molar-refractivity contribution is -0.0957. The average Bonchev–Trinajstić information content (AvgIpc) is 2.51. The number of rotatable bonds is 5. The van der Waals surface area contributed by atoms with E-state index in [1.807, 2.05) is 33.1 Å². The Morgan fingerprint density at radius 2 is 2.27 bits per heavy atom. The average molecular weight is 229 g/mol. The van der Waals surface area contributed by atoms with Gasteiger partial charge in [-0.25, -0.2) is 4.98 Å². The molecular weight excluding hydrogens is 210 g/mol. The Labute approximate surface area is 95.1 Å². The molecule has 0 amide bonds. The SMILES string of the molecule is CCOC(C)(C)C(O)Cc1csc(C)n1. The molecule has 1 rings (SSSR count). The van der Waals surface area contributed by atoms with Gasteiger partial charge in [-0.1, -0.05) is 0 Å². The number of hydrogen-bond acceptors (Lipinski definition) is 4. The van der Waals surface area contributed by atoms with Gasteiger partial charge in [-0.05, 0) is 27.7 Å². The number of nitrogens with zero attached hydrogens (tertiary/aromatic N) is 1. The largest absolute Gasteiger partial charge is 0.390 e. The van der Waals surface area contributed by atoms with Crippen LogP contribution in [-0.2, 0) is 11.2 Å². The quantitative estimate of drug-likeness (QED) is 0.841. The first-order valence-corrected chi connectivity index (χ1v) is 6.06. The molecule has 1 unspecified atom stereocenters. The molecule has 1 aromatic rings. The van der Waals surface area contributed by atoms with Gasteiger partial charge >= 0.3 is 0 Å². The number of aliphatic hydroxyl groups excluding tert-OH is 1. The van der Waals surface area contributed by atoms with E-state index in [2.05, 4.69) is 4.98 Å². The molecule has 0 aromatic carbocycles. The number of aliphatic hydroxyl groups is 1. The molecule has 86 valence electrons. The maximum atomic E-state index is 10.0. The van der Waals surface area contributed by atoms with E-state index in [4.69, 9.17) is 4.74 Å². The lowest BCUT2D eigenvalue weighted by Gasteiger charge is -2.29. The van der Waals surface area contributed by atoms with E-state index in [1.165, 1.54) is 0 Å². The van der Waals surface area contributed by atoms with E-state index < -0.39 is 11.7 Å². The van der Waals surface area contributed by atoms with Crippen molar-refractivity contribution in [2.24, 2.45) is 0 Å². The van der Waals surface area contributed by atoms with E-state index in [0.29, 0.717) is 13.0 Å². The van der Waals surface area contributed by atoms with Gasteiger partial charge in [0.2, 0.25) is 0 Å². The first-order chi connectivity index (χ1) is 6.95. The number of thiazole rings is 1. The minimum absolute atomic E-state index is 0.508. The zero-order valence-corrected chi connectivity index (χ0v) is 10.6. The molecule has 0 aliphatic carbocycles. The second-order valence-electron chi connectivity index (χ2n) is 4.11. The Morgan fingerprint density at radius 3 is 2.73 bits per heavy atom. The van der Waals surface area contributed by atoms with Crippen LogP contribution >= 0.6 is 11.3 Å². The van der Waals surface area contributed by atoms with Crippen LogP contribution in [0.5, 0.6) is 0 Å². The third-order valence-corrected chi connectivity index (χ3v) is 3.21. The monoisotopic (exact) mass is 229 g/mol. The lowest BCUT2D eigenvalue weighted by Crippen LogP contribution is -2.40. The number of aromatic nitrogens is 1. The van der Waals surface area contributed by atoms with Gasteiger partial charge in [-0.2, -0.15) is 0 Å². The third kappa shape index (κ3) is 3.55. The highest BCUT2D eigenvalue weighted by atomic mass is 32.1. The van der Waals surface area contributed by atoms with E-state index in [0.717, 1.165) is 10.7 Å². The predicted molar refractivity (Wildman–Crippen MR) is 62.3 cm³/mol. The Morgan fingerprint density at radius 1 is 1.60 bits per heavy atom. The molecule has 0 aliphatic rings. The Balaban J connectivity index is 2.58. The van der Waals surface area contributed by atoms with E-state index in [1.54, 1.807) is 11.3 Å². The normalized spacial score (nSPS) is 14.2. The third-order valence-electron chi connectivity index (χ3n) is 2.39. The van der Waals surface area contributed by atoms with Gasteiger partial charge in [0, 0.05) is 18.4 Å². The zero-order chi connectivity index (χ0) is 11.5. The summed E-state index contributed by atoms with van der Waals surface area (Å²) in [6.45, 7) is 8.32. The molecule has 1 N–H and O–H groups in total. The van der Waals surface area contributed by atoms with Crippen molar-refractivity contribution in [2.75, 3.05) is 6.61 Å². The summed E-state index contributed by atoms with van der Waals surface area (Å²) in [7, 11) is 0. The summed E-state index contributed by atoms with van der Waals surface area (Å²) >= 11 is 1.61. The van der Waals surface area contributed by atoms with Crippen LogP contribution in [0.2, 0.25) is 0 Å². The molecule has 1 atom stereocenters. The predicted octanol–water partition coefficient (Wildman–Crippen LogP) is 2.17. The minimum atomic E-state index is -0.515. The summed E-state index contributed by atoms with van der Waals surface area (Å²) in [5.41, 5.74) is 0.435. The fourth-order valence-electron chi connectivity index (χ4n) is 1.41. The highest BCUT2D eigenvalue weighted by molar-refractivity contribution is 7.09. The van der Waals surface area contributed by atoms with Crippen LogP contribution in [0.1, 0.15) is 31.5 Å². The van der Waals surface area contributed by atoms with Crippen LogP contribution in [0.25, 0.3) is 0 Å². The first-order valence-electron chi connectivity index (χ1n) is 5.18. The van der Waals surface area contributed by atoms with Crippen LogP contribution in [0.4, 0.5) is 0 Å². The summed E-state index contributed by atoms with van der Waals surface area (Å²) in [5, 5.41) is 13.0. The van der Waals surface area contributed by atoms with Crippen LogP contribution in [0, 0.1) is 6.92 Å². The van der Waals surface area contributed by atoms with E-state index >= 15 is 0 Å². The Bertz CT molecular complexity index is 309. The lowest BCUT2D eigenvalue weighted by atomic mass is 9.97. The van der Waals surface area contributed by atoms with Crippen molar-refractivity contribution in [1.29, 1.82) is 0 Å². The fraction of sp³-hybridized carbons (Fsp3) is 0.727. The standard InChI is InChI=1S/C11H19NO2S/c1-5-14-11(3,4)10(13)6-9-7-15-8(2)12-9/h7,10,13H,5-6H2,1-4H3. The minimum Gasteiger partial charge on any atom is -0.390 e. The second kappa shape index (κ2) is 5.05. The van der Waals surface area contributed by atoms with Crippen molar-refractivity contribution < 1.29 is 9.84 Å². The molecule has 0 spiro atoms. The Hall–Kier alpha value is -0.450. The molecule has 0 radical (unpaired) electrons. The smallest absolute Gasteiger partial charge is 0.0897 e. The maximum Gasteiger partial charge on any atom is 0.0897 e. The Kier molecular flexibility index (Phi) is 4.25. The summed E-state index contributed by atoms with van der Waals surface area (Å²) in [6, 6.07) is 0. The molecule has 0 saturated carbocycles. The van der Waals surface area contributed by atoms with Crippen LogP contribution in [0.3, 0.4) is 0 Å². The van der Waals surface area contributed by atoms with Crippen molar-refractivity contribution >= 4 is 11.3 Å². The van der Waals surface area contributed by atoms with Crippen LogP contribution in [0.15, 0.2) is 5.38 Å². The molecule has 0 saturated heterocycles. The van der Waals surface area contributed by atoms with E-state index in [-0.39, 0.29) is 0 Å². The summed E-state index contributed by atoms with van der Waals surface area (Å²) in [5.74, 6) is 0. The molecule has 0 aliphatic heterocycles. The van der Waals surface area contributed by atoms with Crippen LogP contribution in [-0.4, -0.2) is 28.4 Å².